The number of amides is 2. The number of rotatable bonds is 5. The molecule has 0 spiro atoms. The number of benzene rings is 1. The Morgan fingerprint density at radius 3 is 2.33 bits per heavy atom. The van der Waals surface area contributed by atoms with Crippen molar-refractivity contribution < 1.29 is 19.1 Å². The third kappa shape index (κ3) is 6.37. The van der Waals surface area contributed by atoms with Crippen LogP contribution in [-0.2, 0) is 14.3 Å². The topological polar surface area (TPSA) is 71.1 Å². The molecular weight excluding hydrogens is 370 g/mol. The number of nitrogens with one attached hydrogen (secondary N) is 1. The summed E-state index contributed by atoms with van der Waals surface area (Å²) in [5, 5.41) is 3.30. The summed E-state index contributed by atoms with van der Waals surface area (Å²) in [5.74, 6) is 0.774. The summed E-state index contributed by atoms with van der Waals surface area (Å²) < 4.78 is 10.9. The van der Waals surface area contributed by atoms with E-state index < -0.39 is 0 Å². The van der Waals surface area contributed by atoms with Gasteiger partial charge in [-0.05, 0) is 19.1 Å². The van der Waals surface area contributed by atoms with Crippen molar-refractivity contribution in [2.24, 2.45) is 0 Å². The number of carbonyl (C=O) groups is 2. The second-order valence-corrected chi connectivity index (χ2v) is 6.79. The summed E-state index contributed by atoms with van der Waals surface area (Å²) in [4.78, 5) is 28.3. The highest BCUT2D eigenvalue weighted by atomic mass is 35.5. The highest BCUT2D eigenvalue weighted by molar-refractivity contribution is 5.85. The lowest BCUT2D eigenvalue weighted by Crippen LogP contribution is -2.53. The SMILES string of the molecule is Cc1ccc(OCC(=O)N2CCN(C(=O)CC3COCCN3)CC2)cc1.Cl. The Kier molecular flexibility index (Phi) is 8.34. The minimum Gasteiger partial charge on any atom is -0.484 e. The molecule has 0 aliphatic carbocycles. The van der Waals surface area contributed by atoms with E-state index in [0.717, 1.165) is 12.1 Å². The molecule has 0 saturated carbocycles. The summed E-state index contributed by atoms with van der Waals surface area (Å²) in [6.45, 7) is 6.36. The average Bonchev–Trinajstić information content (AvgIpc) is 2.68. The number of nitrogens with zero attached hydrogens (tertiary/aromatic N) is 2. The van der Waals surface area contributed by atoms with Crippen LogP contribution in [0, 0.1) is 6.92 Å². The van der Waals surface area contributed by atoms with Gasteiger partial charge >= 0.3 is 0 Å². The molecule has 1 atom stereocenters. The molecule has 0 bridgehead atoms. The molecule has 150 valence electrons. The molecule has 0 aromatic heterocycles. The third-order valence-electron chi connectivity index (χ3n) is 4.79. The molecule has 2 aliphatic heterocycles. The van der Waals surface area contributed by atoms with E-state index in [2.05, 4.69) is 5.32 Å². The van der Waals surface area contributed by atoms with Gasteiger partial charge in [-0.15, -0.1) is 12.4 Å². The molecule has 8 heteroatoms. The molecule has 27 heavy (non-hydrogen) atoms. The number of hydrogen-bond donors (Lipinski definition) is 1. The van der Waals surface area contributed by atoms with Crippen LogP contribution < -0.4 is 10.1 Å². The van der Waals surface area contributed by atoms with Gasteiger partial charge in [0.25, 0.3) is 5.91 Å². The lowest BCUT2D eigenvalue weighted by atomic mass is 10.1. The van der Waals surface area contributed by atoms with E-state index in [1.807, 2.05) is 36.1 Å². The van der Waals surface area contributed by atoms with Gasteiger partial charge in [0.05, 0.1) is 13.2 Å². The van der Waals surface area contributed by atoms with Crippen LogP contribution >= 0.6 is 12.4 Å². The summed E-state index contributed by atoms with van der Waals surface area (Å²) >= 11 is 0. The van der Waals surface area contributed by atoms with Crippen molar-refractivity contribution in [1.29, 1.82) is 0 Å². The maximum Gasteiger partial charge on any atom is 0.260 e. The third-order valence-corrected chi connectivity index (χ3v) is 4.79. The number of morpholine rings is 1. The molecule has 1 aromatic carbocycles. The summed E-state index contributed by atoms with van der Waals surface area (Å²) in [6.07, 6.45) is 0.449. The first-order valence-electron chi connectivity index (χ1n) is 9.18. The van der Waals surface area contributed by atoms with Crippen LogP contribution in [-0.4, -0.2) is 80.2 Å². The highest BCUT2D eigenvalue weighted by Gasteiger charge is 2.26. The van der Waals surface area contributed by atoms with Crippen molar-refractivity contribution in [3.8, 4) is 5.75 Å². The Morgan fingerprint density at radius 1 is 1.11 bits per heavy atom. The largest absolute Gasteiger partial charge is 0.484 e. The molecule has 2 amide bonds. The zero-order valence-electron chi connectivity index (χ0n) is 15.7. The quantitative estimate of drug-likeness (QED) is 0.797. The molecule has 1 N–H and O–H groups in total. The molecular formula is C19H28ClN3O4. The number of aryl methyl sites for hydroxylation is 1. The minimum absolute atomic E-state index is 0. The van der Waals surface area contributed by atoms with Gasteiger partial charge in [-0.1, -0.05) is 17.7 Å². The maximum atomic E-state index is 12.4. The summed E-state index contributed by atoms with van der Waals surface area (Å²) in [7, 11) is 0. The molecule has 2 heterocycles. The Balaban J connectivity index is 0.00000261. The van der Waals surface area contributed by atoms with Gasteiger partial charge in [0.2, 0.25) is 5.91 Å². The van der Waals surface area contributed by atoms with Gasteiger partial charge in [0.1, 0.15) is 5.75 Å². The Morgan fingerprint density at radius 2 is 1.74 bits per heavy atom. The van der Waals surface area contributed by atoms with E-state index in [1.165, 1.54) is 0 Å². The van der Waals surface area contributed by atoms with Gasteiger partial charge in [-0.3, -0.25) is 9.59 Å². The molecule has 1 unspecified atom stereocenters. The normalized spacial score (nSPS) is 20.0. The van der Waals surface area contributed by atoms with Crippen LogP contribution in [0.3, 0.4) is 0 Å². The van der Waals surface area contributed by atoms with Crippen LogP contribution in [0.5, 0.6) is 5.75 Å². The number of halogens is 1. The van der Waals surface area contributed by atoms with Crippen molar-refractivity contribution in [1.82, 2.24) is 15.1 Å². The summed E-state index contributed by atoms with van der Waals surface area (Å²) in [6, 6.07) is 7.73. The van der Waals surface area contributed by atoms with Crippen LogP contribution in [0.4, 0.5) is 0 Å². The summed E-state index contributed by atoms with van der Waals surface area (Å²) in [5.41, 5.74) is 1.15. The fourth-order valence-electron chi connectivity index (χ4n) is 3.17. The molecule has 3 rings (SSSR count). The fourth-order valence-corrected chi connectivity index (χ4v) is 3.17. The number of ether oxygens (including phenoxy) is 2. The molecule has 7 nitrogen and oxygen atoms in total. The molecule has 2 fully saturated rings. The van der Waals surface area contributed by atoms with Crippen LogP contribution in [0.25, 0.3) is 0 Å². The minimum atomic E-state index is -0.0416. The number of piperazine rings is 1. The van der Waals surface area contributed by atoms with Crippen molar-refractivity contribution in [3.05, 3.63) is 29.8 Å². The van der Waals surface area contributed by atoms with E-state index in [4.69, 9.17) is 9.47 Å². The van der Waals surface area contributed by atoms with Gasteiger partial charge < -0.3 is 24.6 Å². The first-order chi connectivity index (χ1) is 12.6. The lowest BCUT2D eigenvalue weighted by molar-refractivity contribution is -0.141. The first-order valence-corrected chi connectivity index (χ1v) is 9.18. The van der Waals surface area contributed by atoms with Crippen LogP contribution in [0.15, 0.2) is 24.3 Å². The first kappa shape index (κ1) is 21.5. The second-order valence-electron chi connectivity index (χ2n) is 6.79. The molecule has 1 aromatic rings. The maximum absolute atomic E-state index is 12.4. The predicted octanol–water partition coefficient (Wildman–Crippen LogP) is 0.845. The van der Waals surface area contributed by atoms with Crippen LogP contribution in [0.1, 0.15) is 12.0 Å². The number of hydrogen-bond acceptors (Lipinski definition) is 5. The zero-order chi connectivity index (χ0) is 18.4. The van der Waals surface area contributed by atoms with E-state index in [0.29, 0.717) is 51.6 Å². The Labute approximate surface area is 166 Å². The van der Waals surface area contributed by atoms with E-state index >= 15 is 0 Å². The monoisotopic (exact) mass is 397 g/mol. The highest BCUT2D eigenvalue weighted by Crippen LogP contribution is 2.12. The van der Waals surface area contributed by atoms with Gasteiger partial charge in [-0.25, -0.2) is 0 Å². The Bertz CT molecular complexity index is 612. The van der Waals surface area contributed by atoms with Gasteiger partial charge in [0, 0.05) is 45.2 Å². The standard InChI is InChI=1S/C19H27N3O4.ClH/c1-15-2-4-17(5-3-15)26-14-19(24)22-9-7-21(8-10-22)18(23)12-16-13-25-11-6-20-16;/h2-5,16,20H,6-14H2,1H3;1H. The number of carbonyl (C=O) groups excluding carboxylic acids is 2. The lowest BCUT2D eigenvalue weighted by Gasteiger charge is -2.35. The van der Waals surface area contributed by atoms with Gasteiger partial charge in [0.15, 0.2) is 6.61 Å². The van der Waals surface area contributed by atoms with Crippen molar-refractivity contribution >= 4 is 24.2 Å². The fraction of sp³-hybridized carbons (Fsp3) is 0.579. The average molecular weight is 398 g/mol. The van der Waals surface area contributed by atoms with Crippen LogP contribution in [0.2, 0.25) is 0 Å². The smallest absolute Gasteiger partial charge is 0.260 e. The van der Waals surface area contributed by atoms with Crippen molar-refractivity contribution in [3.63, 3.8) is 0 Å². The molecule has 2 aliphatic rings. The van der Waals surface area contributed by atoms with E-state index in [9.17, 15) is 9.59 Å². The second kappa shape index (κ2) is 10.5. The molecule has 0 radical (unpaired) electrons. The molecule has 2 saturated heterocycles. The van der Waals surface area contributed by atoms with Crippen molar-refractivity contribution in [2.45, 2.75) is 19.4 Å². The Hall–Kier alpha value is -1.83. The zero-order valence-corrected chi connectivity index (χ0v) is 16.5. The predicted molar refractivity (Wildman–Crippen MR) is 104 cm³/mol. The van der Waals surface area contributed by atoms with E-state index in [-0.39, 0.29) is 36.9 Å². The van der Waals surface area contributed by atoms with E-state index in [1.54, 1.807) is 4.90 Å². The van der Waals surface area contributed by atoms with Crippen molar-refractivity contribution in [2.75, 3.05) is 52.5 Å². The van der Waals surface area contributed by atoms with Gasteiger partial charge in [-0.2, -0.15) is 0 Å².